The number of aryl methyl sites for hydroxylation is 1. The third kappa shape index (κ3) is 4.74. The molecule has 1 amide bonds. The maximum Gasteiger partial charge on any atom is 0.282 e. The van der Waals surface area contributed by atoms with Gasteiger partial charge in [0.1, 0.15) is 0 Å². The minimum Gasteiger partial charge on any atom is -0.333 e. The number of benzene rings is 2. The van der Waals surface area contributed by atoms with Crippen molar-refractivity contribution in [2.24, 2.45) is 0 Å². The fourth-order valence-electron chi connectivity index (χ4n) is 2.47. The second-order valence-electron chi connectivity index (χ2n) is 6.10. The Hall–Kier alpha value is -2.99. The van der Waals surface area contributed by atoms with Crippen LogP contribution in [0.15, 0.2) is 59.1 Å². The van der Waals surface area contributed by atoms with Crippen LogP contribution in [0.1, 0.15) is 11.5 Å². The maximum atomic E-state index is 12.1. The van der Waals surface area contributed by atoms with Crippen LogP contribution in [-0.4, -0.2) is 29.6 Å². The Kier molecular flexibility index (Phi) is 5.20. The minimum absolute atomic E-state index is 0.0517. The van der Waals surface area contributed by atoms with E-state index in [1.165, 1.54) is 0 Å². The van der Waals surface area contributed by atoms with Gasteiger partial charge in [-0.2, -0.15) is 4.98 Å². The van der Waals surface area contributed by atoms with Crippen LogP contribution in [0.3, 0.4) is 0 Å². The van der Waals surface area contributed by atoms with E-state index in [1.807, 2.05) is 68.6 Å². The van der Waals surface area contributed by atoms with Gasteiger partial charge >= 0.3 is 0 Å². The van der Waals surface area contributed by atoms with E-state index >= 15 is 0 Å². The molecule has 0 radical (unpaired) electrons. The Morgan fingerprint density at radius 2 is 1.84 bits per heavy atom. The Morgan fingerprint density at radius 1 is 1.12 bits per heavy atom. The van der Waals surface area contributed by atoms with Gasteiger partial charge in [0.2, 0.25) is 5.82 Å². The summed E-state index contributed by atoms with van der Waals surface area (Å²) < 4.78 is 5.29. The van der Waals surface area contributed by atoms with Crippen molar-refractivity contribution in [3.05, 3.63) is 66.1 Å². The number of likely N-dealkylation sites (N-methyl/N-ethyl adjacent to an activating group) is 1. The lowest BCUT2D eigenvalue weighted by atomic mass is 10.2. The molecule has 2 aromatic carbocycles. The summed E-state index contributed by atoms with van der Waals surface area (Å²) in [5, 5.41) is 6.89. The summed E-state index contributed by atoms with van der Waals surface area (Å²) >= 11 is 0. The number of nitrogens with one attached hydrogen (secondary N) is 2. The molecular weight excluding hydrogens is 316 g/mol. The fourth-order valence-corrected chi connectivity index (χ4v) is 2.47. The highest BCUT2D eigenvalue weighted by atomic mass is 16.5. The summed E-state index contributed by atoms with van der Waals surface area (Å²) in [7, 11) is 1.92. The molecule has 1 atom stereocenters. The summed E-state index contributed by atoms with van der Waals surface area (Å²) in [6, 6.07) is 17.4. The first kappa shape index (κ1) is 16.9. The number of aromatic nitrogens is 2. The average molecular weight is 337 g/mol. The van der Waals surface area contributed by atoms with Crippen molar-refractivity contribution in [3.8, 4) is 11.4 Å². The highest BCUT2D eigenvalue weighted by Gasteiger charge is 2.15. The van der Waals surface area contributed by atoms with Gasteiger partial charge in [0.05, 0.1) is 7.05 Å². The predicted octanol–water partition coefficient (Wildman–Crippen LogP) is 1.70. The number of rotatable bonds is 6. The highest BCUT2D eigenvalue weighted by molar-refractivity contribution is 5.91. The molecule has 1 aromatic heterocycles. The second-order valence-corrected chi connectivity index (χ2v) is 6.10. The van der Waals surface area contributed by atoms with Crippen LogP contribution in [0.4, 0.5) is 5.69 Å². The largest absolute Gasteiger partial charge is 0.333 e. The number of hydrogen-bond donors (Lipinski definition) is 2. The van der Waals surface area contributed by atoms with Gasteiger partial charge in [-0.3, -0.25) is 4.79 Å². The van der Waals surface area contributed by atoms with Crippen molar-refractivity contribution < 1.29 is 14.2 Å². The molecule has 1 heterocycles. The van der Waals surface area contributed by atoms with E-state index in [4.69, 9.17) is 4.52 Å². The van der Waals surface area contributed by atoms with Crippen molar-refractivity contribution in [2.45, 2.75) is 13.5 Å². The third-order valence-corrected chi connectivity index (χ3v) is 3.75. The molecule has 3 rings (SSSR count). The maximum absolute atomic E-state index is 12.1. The van der Waals surface area contributed by atoms with Crippen LogP contribution in [0, 0.1) is 6.92 Å². The number of anilines is 1. The molecule has 0 aliphatic carbocycles. The Morgan fingerprint density at radius 3 is 2.56 bits per heavy atom. The van der Waals surface area contributed by atoms with Gasteiger partial charge in [-0.05, 0) is 19.1 Å². The van der Waals surface area contributed by atoms with Crippen molar-refractivity contribution in [3.63, 3.8) is 0 Å². The van der Waals surface area contributed by atoms with Gasteiger partial charge in [0, 0.05) is 11.3 Å². The van der Waals surface area contributed by atoms with Gasteiger partial charge < -0.3 is 14.7 Å². The zero-order valence-electron chi connectivity index (χ0n) is 14.3. The van der Waals surface area contributed by atoms with E-state index in [9.17, 15) is 4.79 Å². The third-order valence-electron chi connectivity index (χ3n) is 3.75. The molecule has 0 aliphatic heterocycles. The van der Waals surface area contributed by atoms with E-state index < -0.39 is 0 Å². The molecule has 0 fully saturated rings. The normalized spacial score (nSPS) is 11.9. The van der Waals surface area contributed by atoms with Crippen LogP contribution in [0.25, 0.3) is 11.4 Å². The Labute approximate surface area is 146 Å². The van der Waals surface area contributed by atoms with E-state index in [0.717, 1.165) is 21.7 Å². The van der Waals surface area contributed by atoms with Gasteiger partial charge in [0.25, 0.3) is 11.8 Å². The highest BCUT2D eigenvalue weighted by Crippen LogP contribution is 2.14. The zero-order valence-corrected chi connectivity index (χ0v) is 14.3. The number of quaternary nitrogens is 1. The first-order valence-corrected chi connectivity index (χ1v) is 8.16. The summed E-state index contributed by atoms with van der Waals surface area (Å²) in [6.45, 7) is 2.82. The van der Waals surface area contributed by atoms with Gasteiger partial charge in [-0.25, -0.2) is 0 Å². The molecule has 0 saturated carbocycles. The lowest BCUT2D eigenvalue weighted by Crippen LogP contribution is -3.08. The number of hydrogen-bond acceptors (Lipinski definition) is 4. The fraction of sp³-hybridized carbons (Fsp3) is 0.211. The molecule has 128 valence electrons. The minimum atomic E-state index is -0.0517. The molecule has 0 bridgehead atoms. The molecule has 3 aromatic rings. The molecular formula is C19H21N4O2+. The van der Waals surface area contributed by atoms with Crippen molar-refractivity contribution in [1.82, 2.24) is 10.1 Å². The molecule has 6 nitrogen and oxygen atoms in total. The van der Waals surface area contributed by atoms with Crippen molar-refractivity contribution in [2.75, 3.05) is 18.9 Å². The number of nitrogens with zero attached hydrogens (tertiary/aromatic N) is 2. The average Bonchev–Trinajstić information content (AvgIpc) is 3.06. The first-order valence-electron chi connectivity index (χ1n) is 8.16. The van der Waals surface area contributed by atoms with Gasteiger partial charge in [-0.1, -0.05) is 53.2 Å². The van der Waals surface area contributed by atoms with Gasteiger partial charge in [-0.15, -0.1) is 0 Å². The molecule has 25 heavy (non-hydrogen) atoms. The smallest absolute Gasteiger partial charge is 0.282 e. The Bertz CT molecular complexity index is 828. The topological polar surface area (TPSA) is 72.5 Å². The van der Waals surface area contributed by atoms with Crippen LogP contribution in [0.2, 0.25) is 0 Å². The van der Waals surface area contributed by atoms with Gasteiger partial charge in [0.15, 0.2) is 13.1 Å². The number of carbonyl (C=O) groups is 1. The van der Waals surface area contributed by atoms with E-state index in [1.54, 1.807) is 0 Å². The first-order chi connectivity index (χ1) is 12.1. The second kappa shape index (κ2) is 7.72. The molecule has 1 unspecified atom stereocenters. The zero-order chi connectivity index (χ0) is 17.6. The van der Waals surface area contributed by atoms with E-state index in [0.29, 0.717) is 24.8 Å². The predicted molar refractivity (Wildman–Crippen MR) is 95.0 cm³/mol. The summed E-state index contributed by atoms with van der Waals surface area (Å²) in [5.41, 5.74) is 2.87. The lowest BCUT2D eigenvalue weighted by molar-refractivity contribution is -0.886. The standard InChI is InChI=1S/C19H20N4O2/c1-14-8-10-16(11-9-14)20-17(24)12-23(2)13-18-21-19(22-25-18)15-6-4-3-5-7-15/h3-11H,12-13H2,1-2H3,(H,20,24)/p+1. The lowest BCUT2D eigenvalue weighted by Gasteiger charge is -2.11. The Balaban J connectivity index is 1.54. The quantitative estimate of drug-likeness (QED) is 0.718. The SMILES string of the molecule is Cc1ccc(NC(=O)C[NH+](C)Cc2nc(-c3ccccc3)no2)cc1. The molecule has 0 aliphatic rings. The summed E-state index contributed by atoms with van der Waals surface area (Å²) in [5.74, 6) is 1.02. The molecule has 2 N–H and O–H groups in total. The number of carbonyl (C=O) groups excluding carboxylic acids is 1. The summed E-state index contributed by atoms with van der Waals surface area (Å²) in [6.07, 6.45) is 0. The van der Waals surface area contributed by atoms with Crippen LogP contribution < -0.4 is 10.2 Å². The monoisotopic (exact) mass is 337 g/mol. The van der Waals surface area contributed by atoms with Crippen LogP contribution in [-0.2, 0) is 11.3 Å². The van der Waals surface area contributed by atoms with Crippen molar-refractivity contribution >= 4 is 11.6 Å². The molecule has 0 saturated heterocycles. The summed E-state index contributed by atoms with van der Waals surface area (Å²) in [4.78, 5) is 17.5. The molecule has 6 heteroatoms. The molecule has 0 spiro atoms. The number of amides is 1. The van der Waals surface area contributed by atoms with Crippen LogP contribution in [0.5, 0.6) is 0 Å². The van der Waals surface area contributed by atoms with E-state index in [2.05, 4.69) is 15.5 Å². The van der Waals surface area contributed by atoms with Crippen LogP contribution >= 0.6 is 0 Å². The van der Waals surface area contributed by atoms with E-state index in [-0.39, 0.29) is 5.91 Å². The van der Waals surface area contributed by atoms with Crippen molar-refractivity contribution in [1.29, 1.82) is 0 Å².